The van der Waals surface area contributed by atoms with E-state index in [9.17, 15) is 22.9 Å². The van der Waals surface area contributed by atoms with Gasteiger partial charge in [-0.1, -0.05) is 17.7 Å². The molecule has 11 heteroatoms. The Bertz CT molecular complexity index is 797. The summed E-state index contributed by atoms with van der Waals surface area (Å²) in [5.74, 6) is -1.47. The number of hydrogen-bond donors (Lipinski definition) is 1. The molecule has 0 amide bonds. The molecule has 1 heterocycles. The number of nitrogens with zero attached hydrogens (tertiary/aromatic N) is 3. The Balaban J connectivity index is 2.47. The number of nitro benzene ring substituents is 1. The lowest BCUT2D eigenvalue weighted by atomic mass is 10.3. The Morgan fingerprint density at radius 1 is 1.24 bits per heavy atom. The predicted octanol–water partition coefficient (Wildman–Crippen LogP) is 1.98. The number of para-hydroxylation sites is 1. The molecule has 2 aromatic rings. The maximum absolute atomic E-state index is 13.4. The van der Waals surface area contributed by atoms with E-state index in [0.29, 0.717) is 0 Å². The number of hydrogen-bond acceptors (Lipinski definition) is 6. The zero-order chi connectivity index (χ0) is 15.6. The van der Waals surface area contributed by atoms with E-state index in [1.807, 2.05) is 4.72 Å². The van der Waals surface area contributed by atoms with Crippen molar-refractivity contribution in [3.8, 4) is 0 Å². The van der Waals surface area contributed by atoms with Gasteiger partial charge in [0.05, 0.1) is 4.92 Å². The molecule has 0 spiro atoms. The minimum Gasteiger partial charge on any atom is -0.262 e. The number of nitrogens with one attached hydrogen (secondary N) is 1. The quantitative estimate of drug-likeness (QED) is 0.676. The summed E-state index contributed by atoms with van der Waals surface area (Å²) in [5.41, 5.74) is -1.15. The number of aromatic nitrogens is 2. The van der Waals surface area contributed by atoms with Gasteiger partial charge in [-0.05, 0) is 24.3 Å². The summed E-state index contributed by atoms with van der Waals surface area (Å²) < 4.78 is 39.6. The number of anilines is 1. The Kier molecular flexibility index (Phi) is 4.00. The van der Waals surface area contributed by atoms with Crippen molar-refractivity contribution in [2.45, 2.75) is 4.90 Å². The monoisotopic (exact) mass is 332 g/mol. The number of nitro groups is 1. The van der Waals surface area contributed by atoms with E-state index in [2.05, 4.69) is 10.2 Å². The standard InChI is InChI=1S/C10H6ClFN4O4S/c11-8-4-5-9(14-13-8)15-21(19,20)7-3-1-2-6(12)10(7)16(17)18/h1-5H,(H,14,15). The fourth-order valence-electron chi connectivity index (χ4n) is 1.45. The lowest BCUT2D eigenvalue weighted by molar-refractivity contribution is -0.390. The number of benzene rings is 1. The van der Waals surface area contributed by atoms with Crippen LogP contribution < -0.4 is 4.72 Å². The highest BCUT2D eigenvalue weighted by Crippen LogP contribution is 2.27. The zero-order valence-corrected chi connectivity index (χ0v) is 11.6. The van der Waals surface area contributed by atoms with Gasteiger partial charge in [0.2, 0.25) is 5.82 Å². The van der Waals surface area contributed by atoms with E-state index in [4.69, 9.17) is 11.6 Å². The summed E-state index contributed by atoms with van der Waals surface area (Å²) in [6.45, 7) is 0. The second kappa shape index (κ2) is 5.58. The van der Waals surface area contributed by atoms with Crippen LogP contribution in [-0.4, -0.2) is 23.5 Å². The molecule has 0 aliphatic heterocycles. The van der Waals surface area contributed by atoms with Gasteiger partial charge in [0, 0.05) is 0 Å². The van der Waals surface area contributed by atoms with Crippen molar-refractivity contribution in [3.05, 3.63) is 51.4 Å². The zero-order valence-electron chi connectivity index (χ0n) is 10.0. The Morgan fingerprint density at radius 3 is 2.52 bits per heavy atom. The van der Waals surface area contributed by atoms with E-state index < -0.39 is 31.3 Å². The third-order valence-corrected chi connectivity index (χ3v) is 3.88. The molecule has 0 unspecified atom stereocenters. The normalized spacial score (nSPS) is 11.1. The Hall–Kier alpha value is -2.33. The van der Waals surface area contributed by atoms with Gasteiger partial charge in [-0.15, -0.1) is 10.2 Å². The van der Waals surface area contributed by atoms with Crippen molar-refractivity contribution in [1.82, 2.24) is 10.2 Å². The molecule has 1 aromatic carbocycles. The molecule has 0 aliphatic rings. The van der Waals surface area contributed by atoms with Gasteiger partial charge in [0.1, 0.15) is 0 Å². The summed E-state index contributed by atoms with van der Waals surface area (Å²) in [4.78, 5) is 8.89. The fourth-order valence-corrected chi connectivity index (χ4v) is 2.73. The molecule has 0 saturated heterocycles. The van der Waals surface area contributed by atoms with Crippen molar-refractivity contribution >= 4 is 33.1 Å². The molecule has 1 aromatic heterocycles. The third-order valence-electron chi connectivity index (χ3n) is 2.29. The first-order chi connectivity index (χ1) is 9.81. The molecule has 8 nitrogen and oxygen atoms in total. The van der Waals surface area contributed by atoms with Crippen molar-refractivity contribution in [3.63, 3.8) is 0 Å². The largest absolute Gasteiger partial charge is 0.325 e. The van der Waals surface area contributed by atoms with Gasteiger partial charge in [0.25, 0.3) is 10.0 Å². The van der Waals surface area contributed by atoms with E-state index in [-0.39, 0.29) is 11.0 Å². The second-order valence-electron chi connectivity index (χ2n) is 3.69. The van der Waals surface area contributed by atoms with Gasteiger partial charge in [-0.2, -0.15) is 4.39 Å². The molecule has 110 valence electrons. The van der Waals surface area contributed by atoms with Crippen molar-refractivity contribution in [2.75, 3.05) is 4.72 Å². The molecular formula is C10H6ClFN4O4S. The minimum atomic E-state index is -4.40. The predicted molar refractivity (Wildman–Crippen MR) is 70.9 cm³/mol. The molecule has 0 atom stereocenters. The van der Waals surface area contributed by atoms with Crippen LogP contribution >= 0.6 is 11.6 Å². The summed E-state index contributed by atoms with van der Waals surface area (Å²) in [7, 11) is -4.40. The number of rotatable bonds is 4. The molecule has 1 N–H and O–H groups in total. The molecule has 0 radical (unpaired) electrons. The maximum Gasteiger partial charge on any atom is 0.325 e. The summed E-state index contributed by atoms with van der Waals surface area (Å²) in [6.07, 6.45) is 0. The first kappa shape index (κ1) is 15.1. The lowest BCUT2D eigenvalue weighted by Gasteiger charge is -2.07. The minimum absolute atomic E-state index is 0.0367. The molecule has 0 saturated carbocycles. The highest BCUT2D eigenvalue weighted by molar-refractivity contribution is 7.92. The maximum atomic E-state index is 13.4. The van der Waals surface area contributed by atoms with Crippen LogP contribution in [-0.2, 0) is 10.0 Å². The van der Waals surface area contributed by atoms with E-state index in [0.717, 1.165) is 18.2 Å². The topological polar surface area (TPSA) is 115 Å². The van der Waals surface area contributed by atoms with Crippen molar-refractivity contribution in [1.29, 1.82) is 0 Å². The van der Waals surface area contributed by atoms with Crippen LogP contribution in [0.1, 0.15) is 0 Å². The average Bonchev–Trinajstić information content (AvgIpc) is 2.40. The van der Waals surface area contributed by atoms with Crippen LogP contribution in [0.25, 0.3) is 0 Å². The lowest BCUT2D eigenvalue weighted by Crippen LogP contribution is -2.16. The van der Waals surface area contributed by atoms with Crippen LogP contribution in [0.4, 0.5) is 15.9 Å². The molecule has 21 heavy (non-hydrogen) atoms. The second-order valence-corrected chi connectivity index (χ2v) is 5.73. The van der Waals surface area contributed by atoms with Crippen LogP contribution in [0.3, 0.4) is 0 Å². The Morgan fingerprint density at radius 2 is 1.95 bits per heavy atom. The van der Waals surface area contributed by atoms with Crippen molar-refractivity contribution in [2.24, 2.45) is 0 Å². The molecule has 0 aliphatic carbocycles. The van der Waals surface area contributed by atoms with Gasteiger partial charge < -0.3 is 0 Å². The fraction of sp³-hybridized carbons (Fsp3) is 0. The van der Waals surface area contributed by atoms with Crippen molar-refractivity contribution < 1.29 is 17.7 Å². The molecule has 0 fully saturated rings. The van der Waals surface area contributed by atoms with Gasteiger partial charge in [0.15, 0.2) is 15.9 Å². The van der Waals surface area contributed by atoms with Crippen LogP contribution in [0.5, 0.6) is 0 Å². The van der Waals surface area contributed by atoms with E-state index >= 15 is 0 Å². The third kappa shape index (κ3) is 3.23. The SMILES string of the molecule is O=[N+]([O-])c1c(F)cccc1S(=O)(=O)Nc1ccc(Cl)nn1. The first-order valence-electron chi connectivity index (χ1n) is 5.26. The molecule has 0 bridgehead atoms. The molecular weight excluding hydrogens is 327 g/mol. The smallest absolute Gasteiger partial charge is 0.262 e. The Labute approximate surface area is 122 Å². The van der Waals surface area contributed by atoms with E-state index in [1.54, 1.807) is 0 Å². The van der Waals surface area contributed by atoms with Gasteiger partial charge >= 0.3 is 5.69 Å². The van der Waals surface area contributed by atoms with Gasteiger partial charge in [-0.25, -0.2) is 8.42 Å². The summed E-state index contributed by atoms with van der Waals surface area (Å²) >= 11 is 5.50. The number of sulfonamides is 1. The van der Waals surface area contributed by atoms with Crippen LogP contribution in [0.15, 0.2) is 35.2 Å². The van der Waals surface area contributed by atoms with Crippen LogP contribution in [0.2, 0.25) is 5.15 Å². The average molecular weight is 333 g/mol. The van der Waals surface area contributed by atoms with E-state index in [1.165, 1.54) is 12.1 Å². The molecule has 2 rings (SSSR count). The first-order valence-corrected chi connectivity index (χ1v) is 7.12. The highest BCUT2D eigenvalue weighted by atomic mass is 35.5. The van der Waals surface area contributed by atoms with Crippen LogP contribution in [0, 0.1) is 15.9 Å². The number of halogens is 2. The summed E-state index contributed by atoms with van der Waals surface area (Å²) in [6, 6.07) is 5.22. The summed E-state index contributed by atoms with van der Waals surface area (Å²) in [5, 5.41) is 17.7. The highest BCUT2D eigenvalue weighted by Gasteiger charge is 2.29. The van der Waals surface area contributed by atoms with Gasteiger partial charge in [-0.3, -0.25) is 14.8 Å².